The van der Waals surface area contributed by atoms with Gasteiger partial charge in [0.2, 0.25) is 11.8 Å². The number of imide groups is 2. The van der Waals surface area contributed by atoms with Crippen molar-refractivity contribution in [2.75, 3.05) is 29.3 Å². The van der Waals surface area contributed by atoms with E-state index in [-0.39, 0.29) is 40.6 Å². The van der Waals surface area contributed by atoms with E-state index in [1.54, 1.807) is 6.08 Å². The van der Waals surface area contributed by atoms with Crippen LogP contribution in [0.25, 0.3) is 0 Å². The third kappa shape index (κ3) is 6.30. The van der Waals surface area contributed by atoms with Crippen LogP contribution < -0.4 is 15.2 Å². The molecule has 1 saturated carbocycles. The normalized spacial score (nSPS) is 24.7. The summed E-state index contributed by atoms with van der Waals surface area (Å²) in [5.74, 6) is -9.82. The lowest BCUT2D eigenvalue weighted by Gasteiger charge is -2.49. The van der Waals surface area contributed by atoms with E-state index in [1.807, 2.05) is 0 Å². The second-order valence-electron chi connectivity index (χ2n) is 15.1. The molecule has 6 atom stereocenters. The second kappa shape index (κ2) is 14.7. The van der Waals surface area contributed by atoms with Crippen LogP contribution in [0.15, 0.2) is 76.9 Å². The minimum Gasteiger partial charge on any atom is -0.463 e. The Morgan fingerprint density at radius 1 is 0.967 bits per heavy atom. The molecule has 0 radical (unpaired) electrons. The summed E-state index contributed by atoms with van der Waals surface area (Å²) in [5, 5.41) is 34.7. The average molecular weight is 885 g/mol. The summed E-state index contributed by atoms with van der Waals surface area (Å²) < 4.78 is 46.6. The van der Waals surface area contributed by atoms with Crippen molar-refractivity contribution >= 4 is 75.4 Å². The highest BCUT2D eigenvalue weighted by Crippen LogP contribution is 2.64. The molecule has 2 aromatic carbocycles. The standard InChI is InChI=1S/C39H30Cl2F3N7O10/c1-47(2)32-27(50(57)58)12-20(13-28(32)51(59)60)48-34(53)23-9-8-22-24(30(23)36(48)55)14-25-35(54)49(46-33-26(41)11-18(15-45-33)39(42,43)44)37(56)38(25,17-3-5-19(40)6-4-17)31(22)29-10-7-21(16-52)61-29/h3-8,10-13,15,23-25,30-31,52H,9,14,16H2,1-2H3,(H,45,46). The van der Waals surface area contributed by atoms with Crippen LogP contribution in [0.5, 0.6) is 0 Å². The van der Waals surface area contributed by atoms with Gasteiger partial charge in [0.25, 0.3) is 11.8 Å². The van der Waals surface area contributed by atoms with E-state index in [0.717, 1.165) is 17.0 Å². The van der Waals surface area contributed by atoms with E-state index in [1.165, 1.54) is 50.5 Å². The predicted octanol–water partition coefficient (Wildman–Crippen LogP) is 6.56. The van der Waals surface area contributed by atoms with Gasteiger partial charge in [0.15, 0.2) is 11.5 Å². The Labute approximate surface area is 351 Å². The van der Waals surface area contributed by atoms with Gasteiger partial charge < -0.3 is 14.4 Å². The maximum absolute atomic E-state index is 15.3. The maximum Gasteiger partial charge on any atom is 0.417 e. The largest absolute Gasteiger partial charge is 0.463 e. The molecule has 4 heterocycles. The van der Waals surface area contributed by atoms with Crippen LogP contribution in [0, 0.1) is 43.9 Å². The summed E-state index contributed by atoms with van der Waals surface area (Å²) in [7, 11) is 2.71. The number of nitro benzene ring substituents is 2. The lowest BCUT2D eigenvalue weighted by molar-refractivity contribution is -0.392. The summed E-state index contributed by atoms with van der Waals surface area (Å²) in [6.45, 7) is -0.567. The Balaban J connectivity index is 1.29. The summed E-state index contributed by atoms with van der Waals surface area (Å²) in [6.07, 6.45) is -3.08. The molecule has 2 aliphatic heterocycles. The van der Waals surface area contributed by atoms with Gasteiger partial charge in [-0.3, -0.25) is 44.8 Å². The minimum absolute atomic E-state index is 0.0735. The number of aliphatic hydroxyl groups excluding tert-OH is 1. The fourth-order valence-electron chi connectivity index (χ4n) is 9.44. The Morgan fingerprint density at radius 3 is 2.18 bits per heavy atom. The number of halogens is 5. The van der Waals surface area contributed by atoms with Gasteiger partial charge in [0.1, 0.15) is 23.5 Å². The summed E-state index contributed by atoms with van der Waals surface area (Å²) in [4.78, 5) is 87.4. The number of furan rings is 1. The first-order valence-corrected chi connectivity index (χ1v) is 19.1. The molecule has 2 N–H and O–H groups in total. The number of pyridine rings is 1. The first kappa shape index (κ1) is 41.4. The van der Waals surface area contributed by atoms with E-state index in [4.69, 9.17) is 27.6 Å². The number of rotatable bonds is 9. The number of allylic oxidation sites excluding steroid dienone is 2. The number of nitrogens with one attached hydrogen (secondary N) is 1. The number of aromatic nitrogens is 1. The van der Waals surface area contributed by atoms with Crippen LogP contribution in [0.4, 0.5) is 41.7 Å². The number of carbonyl (C=O) groups is 4. The quantitative estimate of drug-likeness (QED) is 0.0787. The number of aliphatic hydroxyl groups is 1. The number of nitrogens with zero attached hydrogens (tertiary/aromatic N) is 6. The topological polar surface area (TPSA) is 223 Å². The number of nitro groups is 2. The fourth-order valence-corrected chi connectivity index (χ4v) is 9.77. The molecule has 22 heteroatoms. The van der Waals surface area contributed by atoms with Crippen molar-refractivity contribution in [3.63, 3.8) is 0 Å². The number of hydrogen-bond acceptors (Lipinski definition) is 13. The highest BCUT2D eigenvalue weighted by atomic mass is 35.5. The molecule has 2 aromatic heterocycles. The molecule has 6 unspecified atom stereocenters. The molecule has 2 saturated heterocycles. The van der Waals surface area contributed by atoms with Crippen LogP contribution in [-0.4, -0.2) is 62.7 Å². The molecule has 17 nitrogen and oxygen atoms in total. The first-order valence-electron chi connectivity index (χ1n) is 18.4. The van der Waals surface area contributed by atoms with Gasteiger partial charge in [-0.05, 0) is 54.7 Å². The highest BCUT2D eigenvalue weighted by molar-refractivity contribution is 6.33. The van der Waals surface area contributed by atoms with Gasteiger partial charge in [0.05, 0.1) is 49.8 Å². The number of anilines is 3. The minimum atomic E-state index is -4.82. The molecule has 2 aliphatic carbocycles. The molecular weight excluding hydrogens is 854 g/mol. The van der Waals surface area contributed by atoms with Crippen LogP contribution in [0.3, 0.4) is 0 Å². The van der Waals surface area contributed by atoms with Crippen molar-refractivity contribution in [2.45, 2.75) is 37.0 Å². The van der Waals surface area contributed by atoms with Crippen molar-refractivity contribution in [2.24, 2.45) is 23.7 Å². The molecule has 4 amide bonds. The van der Waals surface area contributed by atoms with Crippen molar-refractivity contribution in [1.29, 1.82) is 0 Å². The lowest BCUT2D eigenvalue weighted by atomic mass is 9.50. The first-order chi connectivity index (χ1) is 28.8. The Bertz CT molecular complexity index is 2580. The van der Waals surface area contributed by atoms with Crippen LogP contribution in [-0.2, 0) is 37.4 Å². The molecule has 316 valence electrons. The van der Waals surface area contributed by atoms with E-state index in [0.29, 0.717) is 27.7 Å². The van der Waals surface area contributed by atoms with E-state index < -0.39 is 115 Å². The monoisotopic (exact) mass is 883 g/mol. The van der Waals surface area contributed by atoms with Crippen molar-refractivity contribution < 1.29 is 51.7 Å². The number of carbonyl (C=O) groups excluding carboxylic acids is 4. The molecule has 3 fully saturated rings. The van der Waals surface area contributed by atoms with Gasteiger partial charge in [0, 0.05) is 37.4 Å². The van der Waals surface area contributed by atoms with Gasteiger partial charge >= 0.3 is 17.6 Å². The van der Waals surface area contributed by atoms with E-state index >= 15 is 4.79 Å². The van der Waals surface area contributed by atoms with E-state index in [9.17, 15) is 52.9 Å². The van der Waals surface area contributed by atoms with Gasteiger partial charge in [-0.15, -0.1) is 0 Å². The summed E-state index contributed by atoms with van der Waals surface area (Å²) in [6, 6.07) is 11.3. The third-order valence-electron chi connectivity index (χ3n) is 11.8. The van der Waals surface area contributed by atoms with Crippen molar-refractivity contribution in [3.05, 3.63) is 125 Å². The second-order valence-corrected chi connectivity index (χ2v) is 16.0. The van der Waals surface area contributed by atoms with Gasteiger partial charge in [-0.25, -0.2) is 9.88 Å². The average Bonchev–Trinajstić information content (AvgIpc) is 3.85. The zero-order chi connectivity index (χ0) is 44.0. The molecule has 61 heavy (non-hydrogen) atoms. The maximum atomic E-state index is 15.3. The van der Waals surface area contributed by atoms with Crippen LogP contribution in [0.1, 0.15) is 41.4 Å². The molecule has 4 aliphatic rings. The smallest absolute Gasteiger partial charge is 0.417 e. The highest BCUT2D eigenvalue weighted by Gasteiger charge is 2.71. The summed E-state index contributed by atoms with van der Waals surface area (Å²) in [5.41, 5.74) is -2.23. The zero-order valence-electron chi connectivity index (χ0n) is 31.6. The fraction of sp³-hybridized carbons (Fsp3) is 0.308. The number of hydrazine groups is 1. The van der Waals surface area contributed by atoms with Crippen molar-refractivity contribution in [3.8, 4) is 0 Å². The van der Waals surface area contributed by atoms with E-state index in [2.05, 4.69) is 10.4 Å². The van der Waals surface area contributed by atoms with Gasteiger partial charge in [-0.2, -0.15) is 18.2 Å². The number of fused-ring (bicyclic) bond motifs is 4. The molecule has 0 bridgehead atoms. The Morgan fingerprint density at radius 2 is 1.62 bits per heavy atom. The van der Waals surface area contributed by atoms with Crippen LogP contribution in [0.2, 0.25) is 10.0 Å². The third-order valence-corrected chi connectivity index (χ3v) is 12.4. The summed E-state index contributed by atoms with van der Waals surface area (Å²) >= 11 is 12.5. The molecular formula is C39H30Cl2F3N7O10. The Hall–Kier alpha value is -6.38. The Kier molecular flexibility index (Phi) is 9.94. The number of amides is 4. The molecule has 0 spiro atoms. The number of hydrogen-bond donors (Lipinski definition) is 2. The predicted molar refractivity (Wildman–Crippen MR) is 208 cm³/mol. The molecule has 8 rings (SSSR count). The SMILES string of the molecule is CN(C)c1c([N+](=O)[O-])cc(N2C(=O)C3CC=C4C(CC5C(=O)N(Nc6ncc(C(F)(F)F)cc6Cl)C(=O)C5(c5ccc(Cl)cc5)C4c4ccc(CO)o4)C3C2=O)cc1[N+](=O)[O-]. The zero-order valence-corrected chi connectivity index (χ0v) is 33.1. The number of benzene rings is 2. The number of alkyl halides is 3. The van der Waals surface area contributed by atoms with Crippen molar-refractivity contribution in [1.82, 2.24) is 9.99 Å². The van der Waals surface area contributed by atoms with Gasteiger partial charge in [-0.1, -0.05) is 47.0 Å². The lowest BCUT2D eigenvalue weighted by Crippen LogP contribution is -2.53. The van der Waals surface area contributed by atoms with Crippen LogP contribution >= 0.6 is 23.2 Å². The molecule has 4 aromatic rings.